The van der Waals surface area contributed by atoms with Crippen LogP contribution in [-0.2, 0) is 9.53 Å². The lowest BCUT2D eigenvalue weighted by Gasteiger charge is -2.16. The van der Waals surface area contributed by atoms with Gasteiger partial charge in [0, 0.05) is 5.92 Å². The molecule has 4 nitrogen and oxygen atoms in total. The number of nitrogens with zero attached hydrogens (tertiary/aromatic N) is 2. The summed E-state index contributed by atoms with van der Waals surface area (Å²) in [6.07, 6.45) is -0.0894. The number of benzene rings is 1. The molecule has 0 heterocycles. The molecule has 18 heavy (non-hydrogen) atoms. The van der Waals surface area contributed by atoms with Gasteiger partial charge in [-0.3, -0.25) is 4.79 Å². The molecule has 0 saturated carbocycles. The number of ether oxygens (including phenoxy) is 1. The third kappa shape index (κ3) is 3.29. The molecule has 0 aromatic heterocycles. The largest absolute Gasteiger partial charge is 0.469 e. The average molecular weight is 246 g/mol. The van der Waals surface area contributed by atoms with Crippen LogP contribution in [0.2, 0.25) is 0 Å². The molecule has 0 fully saturated rings. The molecule has 0 amide bonds. The van der Waals surface area contributed by atoms with E-state index < -0.39 is 23.6 Å². The summed E-state index contributed by atoms with van der Waals surface area (Å²) in [7, 11) is 1.23. The summed E-state index contributed by atoms with van der Waals surface area (Å²) in [6, 6.07) is 9.04. The first-order valence-corrected chi connectivity index (χ1v) is 5.24. The molecule has 1 aromatic rings. The van der Waals surface area contributed by atoms with Crippen LogP contribution in [0.25, 0.3) is 0 Å². The van der Waals surface area contributed by atoms with Crippen LogP contribution >= 0.6 is 0 Å². The van der Waals surface area contributed by atoms with E-state index in [4.69, 9.17) is 10.5 Å². The molecule has 92 valence electrons. The fraction of sp³-hybridized carbons (Fsp3) is 0.308. The Morgan fingerprint density at radius 1 is 1.33 bits per heavy atom. The summed E-state index contributed by atoms with van der Waals surface area (Å²) in [5, 5.41) is 17.8. The number of carbonyl (C=O) groups excluding carboxylic acids is 1. The Labute approximate surface area is 104 Å². The van der Waals surface area contributed by atoms with Crippen LogP contribution in [0.15, 0.2) is 24.3 Å². The molecule has 0 aliphatic carbocycles. The Balaban J connectivity index is 3.05. The predicted octanol–water partition coefficient (Wildman–Crippen LogP) is 2.14. The van der Waals surface area contributed by atoms with Crippen LogP contribution in [-0.4, -0.2) is 13.1 Å². The van der Waals surface area contributed by atoms with E-state index in [1.807, 2.05) is 12.1 Å². The predicted molar refractivity (Wildman–Crippen MR) is 60.5 cm³/mol. The van der Waals surface area contributed by atoms with E-state index in [9.17, 15) is 9.18 Å². The monoisotopic (exact) mass is 246 g/mol. The molecule has 0 spiro atoms. The van der Waals surface area contributed by atoms with E-state index >= 15 is 0 Å². The van der Waals surface area contributed by atoms with Crippen molar-refractivity contribution in [1.82, 2.24) is 0 Å². The van der Waals surface area contributed by atoms with Gasteiger partial charge in [0.2, 0.25) is 0 Å². The molecule has 1 aromatic carbocycles. The molecule has 1 rings (SSSR count). The molecule has 0 aliphatic heterocycles. The molecular weight excluding hydrogens is 235 g/mol. The van der Waals surface area contributed by atoms with Gasteiger partial charge in [-0.15, -0.1) is 0 Å². The highest BCUT2D eigenvalue weighted by molar-refractivity contribution is 5.70. The van der Waals surface area contributed by atoms with Crippen molar-refractivity contribution in [3.8, 4) is 12.1 Å². The minimum Gasteiger partial charge on any atom is -0.469 e. The first kappa shape index (κ1) is 13.7. The third-order valence-corrected chi connectivity index (χ3v) is 2.59. The van der Waals surface area contributed by atoms with E-state index in [1.54, 1.807) is 0 Å². The van der Waals surface area contributed by atoms with E-state index in [1.165, 1.54) is 31.4 Å². The van der Waals surface area contributed by atoms with Gasteiger partial charge in [0.1, 0.15) is 11.7 Å². The SMILES string of the molecule is COC(=O)C[C@@H](c1ccc(F)cc1)C(C#N)C#N. The third-order valence-electron chi connectivity index (χ3n) is 2.59. The van der Waals surface area contributed by atoms with Gasteiger partial charge in [-0.1, -0.05) is 12.1 Å². The van der Waals surface area contributed by atoms with Gasteiger partial charge in [-0.05, 0) is 17.7 Å². The zero-order valence-electron chi connectivity index (χ0n) is 9.76. The van der Waals surface area contributed by atoms with E-state index in [-0.39, 0.29) is 6.42 Å². The summed E-state index contributed by atoms with van der Waals surface area (Å²) in [5.74, 6) is -2.52. The maximum absolute atomic E-state index is 12.8. The van der Waals surface area contributed by atoms with Crippen molar-refractivity contribution in [1.29, 1.82) is 10.5 Å². The lowest BCUT2D eigenvalue weighted by molar-refractivity contribution is -0.141. The number of nitriles is 2. The minimum atomic E-state index is -0.977. The number of carbonyl (C=O) groups is 1. The standard InChI is InChI=1S/C13H11FN2O2/c1-18-13(17)6-12(10(7-15)8-16)9-2-4-11(14)5-3-9/h2-5,10,12H,6H2,1H3/t12-/m0/s1. The second-order valence-corrected chi connectivity index (χ2v) is 3.67. The summed E-state index contributed by atoms with van der Waals surface area (Å²) >= 11 is 0. The number of esters is 1. The summed E-state index contributed by atoms with van der Waals surface area (Å²) < 4.78 is 17.4. The highest BCUT2D eigenvalue weighted by Crippen LogP contribution is 2.28. The maximum atomic E-state index is 12.8. The number of methoxy groups -OCH3 is 1. The lowest BCUT2D eigenvalue weighted by atomic mass is 9.85. The smallest absolute Gasteiger partial charge is 0.306 e. The average Bonchev–Trinajstić information content (AvgIpc) is 2.39. The lowest BCUT2D eigenvalue weighted by Crippen LogP contribution is -2.15. The fourth-order valence-electron chi connectivity index (χ4n) is 1.61. The highest BCUT2D eigenvalue weighted by atomic mass is 19.1. The Hall–Kier alpha value is -2.40. The molecule has 0 unspecified atom stereocenters. The topological polar surface area (TPSA) is 73.9 Å². The molecular formula is C13H11FN2O2. The molecule has 0 radical (unpaired) electrons. The Morgan fingerprint density at radius 3 is 2.33 bits per heavy atom. The van der Waals surface area contributed by atoms with Crippen molar-refractivity contribution >= 4 is 5.97 Å². The van der Waals surface area contributed by atoms with Crippen molar-refractivity contribution in [2.45, 2.75) is 12.3 Å². The fourth-order valence-corrected chi connectivity index (χ4v) is 1.61. The normalized spacial score (nSPS) is 11.4. The van der Waals surface area contributed by atoms with Gasteiger partial charge in [0.15, 0.2) is 0 Å². The summed E-state index contributed by atoms with van der Waals surface area (Å²) in [5.41, 5.74) is 0.565. The molecule has 0 bridgehead atoms. The minimum absolute atomic E-state index is 0.0894. The van der Waals surface area contributed by atoms with Gasteiger partial charge in [-0.2, -0.15) is 10.5 Å². The van der Waals surface area contributed by atoms with Crippen LogP contribution in [0.4, 0.5) is 4.39 Å². The van der Waals surface area contributed by atoms with Gasteiger partial charge in [0.05, 0.1) is 25.7 Å². The zero-order chi connectivity index (χ0) is 13.5. The van der Waals surface area contributed by atoms with Gasteiger partial charge in [-0.25, -0.2) is 4.39 Å². The number of rotatable bonds is 4. The van der Waals surface area contributed by atoms with Crippen molar-refractivity contribution in [3.63, 3.8) is 0 Å². The molecule has 0 N–H and O–H groups in total. The Morgan fingerprint density at radius 2 is 1.89 bits per heavy atom. The second kappa shape index (κ2) is 6.36. The Kier molecular flexibility index (Phi) is 4.83. The van der Waals surface area contributed by atoms with Gasteiger partial charge in [0.25, 0.3) is 0 Å². The van der Waals surface area contributed by atoms with Crippen molar-refractivity contribution in [3.05, 3.63) is 35.6 Å². The van der Waals surface area contributed by atoms with Crippen LogP contribution in [0.5, 0.6) is 0 Å². The first-order chi connectivity index (χ1) is 8.62. The van der Waals surface area contributed by atoms with Gasteiger partial charge < -0.3 is 4.74 Å². The van der Waals surface area contributed by atoms with Crippen LogP contribution in [0, 0.1) is 34.4 Å². The summed E-state index contributed by atoms with van der Waals surface area (Å²) in [6.45, 7) is 0. The number of hydrogen-bond donors (Lipinski definition) is 0. The molecule has 0 saturated heterocycles. The van der Waals surface area contributed by atoms with Gasteiger partial charge >= 0.3 is 5.97 Å². The van der Waals surface area contributed by atoms with Crippen LogP contribution in [0.3, 0.4) is 0 Å². The zero-order valence-corrected chi connectivity index (χ0v) is 9.76. The van der Waals surface area contributed by atoms with E-state index in [0.29, 0.717) is 5.56 Å². The van der Waals surface area contributed by atoms with Crippen molar-refractivity contribution < 1.29 is 13.9 Å². The molecule has 0 aliphatic rings. The van der Waals surface area contributed by atoms with E-state index in [0.717, 1.165) is 0 Å². The molecule has 1 atom stereocenters. The second-order valence-electron chi connectivity index (χ2n) is 3.67. The summed E-state index contributed by atoms with van der Waals surface area (Å²) in [4.78, 5) is 11.3. The molecule has 5 heteroatoms. The quantitative estimate of drug-likeness (QED) is 0.763. The van der Waals surface area contributed by atoms with E-state index in [2.05, 4.69) is 4.74 Å². The number of hydrogen-bond acceptors (Lipinski definition) is 4. The van der Waals surface area contributed by atoms with Crippen LogP contribution in [0.1, 0.15) is 17.9 Å². The van der Waals surface area contributed by atoms with Crippen LogP contribution < -0.4 is 0 Å². The number of halogens is 1. The maximum Gasteiger partial charge on any atom is 0.306 e. The first-order valence-electron chi connectivity index (χ1n) is 5.24. The van der Waals surface area contributed by atoms with Crippen molar-refractivity contribution in [2.24, 2.45) is 5.92 Å². The highest BCUT2D eigenvalue weighted by Gasteiger charge is 2.26. The van der Waals surface area contributed by atoms with Crippen molar-refractivity contribution in [2.75, 3.05) is 7.11 Å². The Bertz CT molecular complexity index is 485.